The Hall–Kier alpha value is -2.01. The number of nitrogens with zero attached hydrogens (tertiary/aromatic N) is 4. The van der Waals surface area contributed by atoms with Crippen molar-refractivity contribution in [3.63, 3.8) is 0 Å². The maximum absolute atomic E-state index is 13.0. The highest BCUT2D eigenvalue weighted by molar-refractivity contribution is 5.60. The summed E-state index contributed by atoms with van der Waals surface area (Å²) in [5.41, 5.74) is 1.74. The molecule has 0 spiro atoms. The summed E-state index contributed by atoms with van der Waals surface area (Å²) in [7, 11) is 0. The van der Waals surface area contributed by atoms with E-state index in [4.69, 9.17) is 0 Å². The van der Waals surface area contributed by atoms with Crippen LogP contribution in [0.4, 0.5) is 10.3 Å². The summed E-state index contributed by atoms with van der Waals surface area (Å²) in [4.78, 5) is 13.7. The number of piperazine rings is 1. The highest BCUT2D eigenvalue weighted by atomic mass is 19.1. The lowest BCUT2D eigenvalue weighted by Gasteiger charge is -2.36. The van der Waals surface area contributed by atoms with E-state index in [9.17, 15) is 4.39 Å². The van der Waals surface area contributed by atoms with Gasteiger partial charge in [0.1, 0.15) is 5.82 Å². The molecule has 2 heterocycles. The molecule has 1 aromatic heterocycles. The van der Waals surface area contributed by atoms with Crippen LogP contribution in [0.5, 0.6) is 0 Å². The van der Waals surface area contributed by atoms with Gasteiger partial charge in [-0.1, -0.05) is 0 Å². The molecule has 0 saturated carbocycles. The molecule has 1 aliphatic heterocycles. The smallest absolute Gasteiger partial charge is 0.225 e. The van der Waals surface area contributed by atoms with Crippen molar-refractivity contribution in [3.05, 3.63) is 42.3 Å². The van der Waals surface area contributed by atoms with Gasteiger partial charge in [-0.3, -0.25) is 4.90 Å². The van der Waals surface area contributed by atoms with Crippen molar-refractivity contribution in [2.45, 2.75) is 19.9 Å². The fourth-order valence-electron chi connectivity index (χ4n) is 2.72. The fourth-order valence-corrected chi connectivity index (χ4v) is 2.72. The van der Waals surface area contributed by atoms with Crippen molar-refractivity contribution < 1.29 is 4.39 Å². The van der Waals surface area contributed by atoms with Gasteiger partial charge in [-0.15, -0.1) is 0 Å². The van der Waals surface area contributed by atoms with E-state index in [0.717, 1.165) is 43.4 Å². The molecule has 3 rings (SSSR count). The quantitative estimate of drug-likeness (QED) is 0.872. The summed E-state index contributed by atoms with van der Waals surface area (Å²) in [6.45, 7) is 8.38. The Balaban J connectivity index is 1.76. The van der Waals surface area contributed by atoms with Gasteiger partial charge >= 0.3 is 0 Å². The molecule has 22 heavy (non-hydrogen) atoms. The third-order valence-corrected chi connectivity index (χ3v) is 4.11. The Bertz CT molecular complexity index is 619. The molecule has 0 bridgehead atoms. The molecule has 1 saturated heterocycles. The number of rotatable bonds is 3. The minimum atomic E-state index is -0.233. The number of halogens is 1. The summed E-state index contributed by atoms with van der Waals surface area (Å²) in [5, 5.41) is 0. The van der Waals surface area contributed by atoms with Gasteiger partial charge in [0.15, 0.2) is 0 Å². The van der Waals surface area contributed by atoms with Gasteiger partial charge in [0.05, 0.1) is 5.69 Å². The first-order valence-electron chi connectivity index (χ1n) is 7.71. The summed E-state index contributed by atoms with van der Waals surface area (Å²) in [5.74, 6) is 0.521. The summed E-state index contributed by atoms with van der Waals surface area (Å²) in [6, 6.07) is 8.85. The molecule has 116 valence electrons. The van der Waals surface area contributed by atoms with E-state index in [0.29, 0.717) is 6.04 Å². The number of aromatic nitrogens is 2. The minimum Gasteiger partial charge on any atom is -0.338 e. The van der Waals surface area contributed by atoms with Crippen LogP contribution in [-0.4, -0.2) is 47.1 Å². The Labute approximate surface area is 130 Å². The highest BCUT2D eigenvalue weighted by Crippen LogP contribution is 2.20. The lowest BCUT2D eigenvalue weighted by atomic mass is 10.1. The Morgan fingerprint density at radius 2 is 1.68 bits per heavy atom. The molecule has 0 N–H and O–H groups in total. The summed E-state index contributed by atoms with van der Waals surface area (Å²) in [6.07, 6.45) is 1.77. The zero-order valence-electron chi connectivity index (χ0n) is 13.0. The second-order valence-electron chi connectivity index (χ2n) is 5.87. The zero-order chi connectivity index (χ0) is 15.5. The van der Waals surface area contributed by atoms with Gasteiger partial charge in [0.25, 0.3) is 0 Å². The van der Waals surface area contributed by atoms with E-state index in [1.165, 1.54) is 12.1 Å². The molecule has 5 heteroatoms. The van der Waals surface area contributed by atoms with Crippen molar-refractivity contribution >= 4 is 5.95 Å². The molecule has 1 aliphatic rings. The first-order valence-corrected chi connectivity index (χ1v) is 7.71. The van der Waals surface area contributed by atoms with E-state index < -0.39 is 0 Å². The third-order valence-electron chi connectivity index (χ3n) is 4.11. The second kappa shape index (κ2) is 6.40. The normalized spacial score (nSPS) is 16.3. The molecule has 0 radical (unpaired) electrons. The van der Waals surface area contributed by atoms with Crippen LogP contribution in [0.15, 0.2) is 36.5 Å². The first kappa shape index (κ1) is 14.9. The van der Waals surface area contributed by atoms with Crippen LogP contribution in [0, 0.1) is 5.82 Å². The average Bonchev–Trinajstić information content (AvgIpc) is 2.56. The number of benzene rings is 1. The van der Waals surface area contributed by atoms with E-state index in [2.05, 4.69) is 33.6 Å². The number of anilines is 1. The van der Waals surface area contributed by atoms with Gasteiger partial charge in [-0.25, -0.2) is 14.4 Å². The standard InChI is InChI=1S/C17H21FN4/c1-13(2)21-9-11-22(12-10-21)17-19-8-7-16(20-17)14-3-5-15(18)6-4-14/h3-8,13H,9-12H2,1-2H3. The maximum atomic E-state index is 13.0. The molecule has 1 fully saturated rings. The van der Waals surface area contributed by atoms with Gasteiger partial charge in [0, 0.05) is 44.0 Å². The van der Waals surface area contributed by atoms with Crippen LogP contribution in [-0.2, 0) is 0 Å². The van der Waals surface area contributed by atoms with Gasteiger partial charge in [-0.05, 0) is 44.2 Å². The van der Waals surface area contributed by atoms with Crippen LogP contribution in [0.1, 0.15) is 13.8 Å². The number of hydrogen-bond acceptors (Lipinski definition) is 4. The van der Waals surface area contributed by atoms with Crippen molar-refractivity contribution in [3.8, 4) is 11.3 Å². The van der Waals surface area contributed by atoms with Crippen LogP contribution in [0.25, 0.3) is 11.3 Å². The van der Waals surface area contributed by atoms with Crippen molar-refractivity contribution in [2.75, 3.05) is 31.1 Å². The minimum absolute atomic E-state index is 0.233. The van der Waals surface area contributed by atoms with Crippen LogP contribution < -0.4 is 4.90 Å². The zero-order valence-corrected chi connectivity index (χ0v) is 13.0. The van der Waals surface area contributed by atoms with Gasteiger partial charge < -0.3 is 4.90 Å². The topological polar surface area (TPSA) is 32.3 Å². The molecule has 0 amide bonds. The highest BCUT2D eigenvalue weighted by Gasteiger charge is 2.20. The lowest BCUT2D eigenvalue weighted by molar-refractivity contribution is 0.208. The van der Waals surface area contributed by atoms with Crippen molar-refractivity contribution in [1.82, 2.24) is 14.9 Å². The summed E-state index contributed by atoms with van der Waals surface area (Å²) >= 11 is 0. The molecule has 4 nitrogen and oxygen atoms in total. The van der Waals surface area contributed by atoms with E-state index in [-0.39, 0.29) is 5.82 Å². The Kier molecular flexibility index (Phi) is 4.34. The first-order chi connectivity index (χ1) is 10.6. The van der Waals surface area contributed by atoms with Crippen LogP contribution in [0.3, 0.4) is 0 Å². The largest absolute Gasteiger partial charge is 0.338 e. The van der Waals surface area contributed by atoms with E-state index >= 15 is 0 Å². The average molecular weight is 300 g/mol. The predicted octanol–water partition coefficient (Wildman–Crippen LogP) is 2.81. The SMILES string of the molecule is CC(C)N1CCN(c2nccc(-c3ccc(F)cc3)n2)CC1. The Morgan fingerprint density at radius 3 is 2.32 bits per heavy atom. The molecule has 1 aromatic carbocycles. The van der Waals surface area contributed by atoms with Crippen LogP contribution in [0.2, 0.25) is 0 Å². The van der Waals surface area contributed by atoms with Gasteiger partial charge in [0.2, 0.25) is 5.95 Å². The maximum Gasteiger partial charge on any atom is 0.225 e. The van der Waals surface area contributed by atoms with Gasteiger partial charge in [-0.2, -0.15) is 0 Å². The van der Waals surface area contributed by atoms with Crippen molar-refractivity contribution in [1.29, 1.82) is 0 Å². The molecule has 0 aliphatic carbocycles. The predicted molar refractivity (Wildman–Crippen MR) is 86.3 cm³/mol. The molecule has 0 unspecified atom stereocenters. The second-order valence-corrected chi connectivity index (χ2v) is 5.87. The fraction of sp³-hybridized carbons (Fsp3) is 0.412. The molecule has 0 atom stereocenters. The number of hydrogen-bond donors (Lipinski definition) is 0. The lowest BCUT2D eigenvalue weighted by Crippen LogP contribution is -2.49. The summed E-state index contributed by atoms with van der Waals surface area (Å²) < 4.78 is 13.0. The third kappa shape index (κ3) is 3.25. The Morgan fingerprint density at radius 1 is 1.00 bits per heavy atom. The van der Waals surface area contributed by atoms with Crippen LogP contribution >= 0.6 is 0 Å². The molecule has 2 aromatic rings. The van der Waals surface area contributed by atoms with E-state index in [1.54, 1.807) is 18.3 Å². The van der Waals surface area contributed by atoms with E-state index in [1.807, 2.05) is 6.07 Å². The molecular formula is C17H21FN4. The monoisotopic (exact) mass is 300 g/mol. The molecular weight excluding hydrogens is 279 g/mol. The van der Waals surface area contributed by atoms with Crippen molar-refractivity contribution in [2.24, 2.45) is 0 Å².